The molecule has 0 aliphatic carbocycles. The van der Waals surface area contributed by atoms with Crippen LogP contribution < -0.4 is 0 Å². The van der Waals surface area contributed by atoms with Crippen LogP contribution in [0, 0.1) is 0 Å². The van der Waals surface area contributed by atoms with Crippen molar-refractivity contribution in [2.45, 2.75) is 65.2 Å². The van der Waals surface area contributed by atoms with Crippen molar-refractivity contribution >= 4 is 46.4 Å². The number of rotatable bonds is 5. The van der Waals surface area contributed by atoms with Gasteiger partial charge < -0.3 is 9.97 Å². The minimum atomic E-state index is -0.0330. The molecule has 34 heavy (non-hydrogen) atoms. The van der Waals surface area contributed by atoms with Crippen molar-refractivity contribution in [2.75, 3.05) is 0 Å². The Morgan fingerprint density at radius 1 is 0.706 bits per heavy atom. The van der Waals surface area contributed by atoms with E-state index in [1.54, 1.807) is 0 Å². The number of aromatic nitrogens is 4. The number of aromatic amines is 2. The van der Waals surface area contributed by atoms with Crippen molar-refractivity contribution in [1.82, 2.24) is 19.9 Å². The summed E-state index contributed by atoms with van der Waals surface area (Å²) in [6.45, 7) is 9.01. The molecule has 4 heteroatoms. The third kappa shape index (κ3) is 4.63. The standard InChI is InChI=1S/C30H34N4/c1-5-6-7-8-9-24-25-14-10-20(31-25)18-22-12-16-27(33-22)29(30(2,3)4)28-17-13-23(34-28)19-21-11-15-26(24)32-21/h10-19,33-34H,5-9H2,1-4H3. The van der Waals surface area contributed by atoms with Gasteiger partial charge in [-0.15, -0.1) is 0 Å². The molecule has 5 rings (SSSR count). The first-order valence-electron chi connectivity index (χ1n) is 12.5. The monoisotopic (exact) mass is 450 g/mol. The minimum Gasteiger partial charge on any atom is -0.355 e. The van der Waals surface area contributed by atoms with Gasteiger partial charge in [0.05, 0.1) is 22.8 Å². The molecule has 4 nitrogen and oxygen atoms in total. The van der Waals surface area contributed by atoms with E-state index in [0.29, 0.717) is 0 Å². The molecule has 0 spiro atoms. The third-order valence-electron chi connectivity index (χ3n) is 6.53. The molecule has 0 saturated carbocycles. The molecule has 8 bridgehead atoms. The fourth-order valence-electron chi connectivity index (χ4n) is 4.92. The summed E-state index contributed by atoms with van der Waals surface area (Å²) in [5, 5.41) is 0. The first-order chi connectivity index (χ1) is 16.4. The number of unbranched alkanes of at least 4 members (excludes halogenated alkanes) is 3. The lowest BCUT2D eigenvalue weighted by Crippen LogP contribution is -2.11. The van der Waals surface area contributed by atoms with E-state index in [1.165, 1.54) is 30.4 Å². The van der Waals surface area contributed by atoms with E-state index in [1.807, 2.05) is 0 Å². The molecular weight excluding hydrogens is 416 g/mol. The Hall–Kier alpha value is -3.40. The van der Waals surface area contributed by atoms with Crippen LogP contribution in [0.5, 0.6) is 0 Å². The van der Waals surface area contributed by atoms with Gasteiger partial charge in [0, 0.05) is 33.2 Å². The molecule has 2 aliphatic heterocycles. The van der Waals surface area contributed by atoms with Gasteiger partial charge in [0.1, 0.15) is 0 Å². The molecule has 0 fully saturated rings. The van der Waals surface area contributed by atoms with Gasteiger partial charge >= 0.3 is 0 Å². The van der Waals surface area contributed by atoms with Crippen molar-refractivity contribution < 1.29 is 0 Å². The predicted octanol–water partition coefficient (Wildman–Crippen LogP) is 8.08. The molecule has 5 heterocycles. The number of nitrogens with zero attached hydrogens (tertiary/aromatic N) is 2. The largest absolute Gasteiger partial charge is 0.355 e. The van der Waals surface area contributed by atoms with E-state index < -0.39 is 0 Å². The van der Waals surface area contributed by atoms with Crippen LogP contribution in [-0.4, -0.2) is 19.9 Å². The highest BCUT2D eigenvalue weighted by Crippen LogP contribution is 2.30. The van der Waals surface area contributed by atoms with Crippen molar-refractivity contribution in [1.29, 1.82) is 0 Å². The van der Waals surface area contributed by atoms with Gasteiger partial charge in [0.2, 0.25) is 0 Å². The molecule has 2 aliphatic rings. The van der Waals surface area contributed by atoms with Gasteiger partial charge in [-0.05, 0) is 79.0 Å². The number of H-pyrrole nitrogens is 2. The normalized spacial score (nSPS) is 13.1. The maximum atomic E-state index is 4.99. The second-order valence-electron chi connectivity index (χ2n) is 10.4. The summed E-state index contributed by atoms with van der Waals surface area (Å²) in [6, 6.07) is 12.9. The van der Waals surface area contributed by atoms with E-state index in [0.717, 1.165) is 57.7 Å². The summed E-state index contributed by atoms with van der Waals surface area (Å²) in [4.78, 5) is 17.2. The van der Waals surface area contributed by atoms with Crippen molar-refractivity contribution in [3.05, 3.63) is 70.3 Å². The van der Waals surface area contributed by atoms with Crippen LogP contribution in [-0.2, 0) is 11.8 Å². The molecule has 3 aromatic heterocycles. The number of hydrogen-bond donors (Lipinski definition) is 2. The Morgan fingerprint density at radius 3 is 1.76 bits per heavy atom. The van der Waals surface area contributed by atoms with Crippen molar-refractivity contribution in [3.63, 3.8) is 0 Å². The van der Waals surface area contributed by atoms with Crippen molar-refractivity contribution in [3.8, 4) is 0 Å². The Bertz CT molecular complexity index is 1330. The molecule has 0 aromatic carbocycles. The zero-order valence-corrected chi connectivity index (χ0v) is 20.7. The number of fused-ring (bicyclic) bond motifs is 8. The topological polar surface area (TPSA) is 57.4 Å². The SMILES string of the molecule is CCCCCCc1c2nc(cc3ccc([nH]3)c(C(C)(C)C)c3ccc(cc4nc1C=C4)[nH]3)C=C2. The molecule has 0 radical (unpaired) electrons. The zero-order valence-electron chi connectivity index (χ0n) is 20.7. The number of nitrogens with one attached hydrogen (secondary N) is 2. The highest BCUT2D eigenvalue weighted by molar-refractivity contribution is 5.81. The van der Waals surface area contributed by atoms with Gasteiger partial charge in [-0.2, -0.15) is 0 Å². The molecule has 0 saturated heterocycles. The number of hydrogen-bond acceptors (Lipinski definition) is 2. The summed E-state index contributed by atoms with van der Waals surface area (Å²) < 4.78 is 0. The van der Waals surface area contributed by atoms with Crippen LogP contribution in [0.4, 0.5) is 0 Å². The molecule has 0 unspecified atom stereocenters. The first-order valence-corrected chi connectivity index (χ1v) is 12.5. The Kier molecular flexibility index (Phi) is 5.99. The Morgan fingerprint density at radius 2 is 1.26 bits per heavy atom. The average molecular weight is 451 g/mol. The van der Waals surface area contributed by atoms with E-state index in [9.17, 15) is 0 Å². The van der Waals surface area contributed by atoms with Gasteiger partial charge in [-0.3, -0.25) is 0 Å². The van der Waals surface area contributed by atoms with Crippen LogP contribution in [0.15, 0.2) is 36.4 Å². The lowest BCUT2D eigenvalue weighted by Gasteiger charge is -2.19. The van der Waals surface area contributed by atoms with Crippen LogP contribution in [0.25, 0.3) is 46.4 Å². The Balaban J connectivity index is 1.77. The maximum Gasteiger partial charge on any atom is 0.0691 e. The maximum absolute atomic E-state index is 4.99. The van der Waals surface area contributed by atoms with Gasteiger partial charge in [0.25, 0.3) is 0 Å². The highest BCUT2D eigenvalue weighted by Gasteiger charge is 2.19. The summed E-state index contributed by atoms with van der Waals surface area (Å²) in [6.07, 6.45) is 14.4. The van der Waals surface area contributed by atoms with E-state index in [4.69, 9.17) is 9.97 Å². The van der Waals surface area contributed by atoms with Gasteiger partial charge in [-0.25, -0.2) is 9.97 Å². The minimum absolute atomic E-state index is 0.0330. The highest BCUT2D eigenvalue weighted by atomic mass is 14.8. The molecule has 0 amide bonds. The first kappa shape index (κ1) is 22.4. The second-order valence-corrected chi connectivity index (χ2v) is 10.4. The Labute approximate surface area is 201 Å². The zero-order chi connectivity index (χ0) is 23.7. The van der Waals surface area contributed by atoms with Gasteiger partial charge in [0.15, 0.2) is 0 Å². The lowest BCUT2D eigenvalue weighted by molar-refractivity contribution is 0.599. The molecule has 174 valence electrons. The fraction of sp³-hybridized carbons (Fsp3) is 0.333. The summed E-state index contributed by atoms with van der Waals surface area (Å²) in [5.41, 5.74) is 10.9. The summed E-state index contributed by atoms with van der Waals surface area (Å²) in [5.74, 6) is 0. The lowest BCUT2D eigenvalue weighted by atomic mass is 9.86. The third-order valence-corrected chi connectivity index (χ3v) is 6.53. The summed E-state index contributed by atoms with van der Waals surface area (Å²) >= 11 is 0. The molecule has 3 aromatic rings. The second kappa shape index (κ2) is 9.09. The predicted molar refractivity (Wildman–Crippen MR) is 145 cm³/mol. The quantitative estimate of drug-likeness (QED) is 0.266. The van der Waals surface area contributed by atoms with Crippen LogP contribution >= 0.6 is 0 Å². The van der Waals surface area contributed by atoms with E-state index in [-0.39, 0.29) is 5.41 Å². The van der Waals surface area contributed by atoms with Crippen LogP contribution in [0.3, 0.4) is 0 Å². The van der Waals surface area contributed by atoms with Crippen LogP contribution in [0.2, 0.25) is 0 Å². The molecule has 2 N–H and O–H groups in total. The summed E-state index contributed by atoms with van der Waals surface area (Å²) in [7, 11) is 0. The fourth-order valence-corrected chi connectivity index (χ4v) is 4.92. The molecule has 0 atom stereocenters. The van der Waals surface area contributed by atoms with Crippen LogP contribution in [0.1, 0.15) is 87.3 Å². The van der Waals surface area contributed by atoms with Gasteiger partial charge in [-0.1, -0.05) is 47.0 Å². The van der Waals surface area contributed by atoms with Crippen molar-refractivity contribution in [2.24, 2.45) is 0 Å². The van der Waals surface area contributed by atoms with E-state index >= 15 is 0 Å². The van der Waals surface area contributed by atoms with E-state index in [2.05, 4.69) is 98.4 Å². The average Bonchev–Trinajstić information content (AvgIpc) is 3.57. The smallest absolute Gasteiger partial charge is 0.0691 e. The molecular formula is C30H34N4.